The molecule has 0 spiro atoms. The van der Waals surface area contributed by atoms with Gasteiger partial charge in [-0.3, -0.25) is 19.3 Å². The van der Waals surface area contributed by atoms with Crippen molar-refractivity contribution in [1.29, 1.82) is 0 Å². The lowest BCUT2D eigenvalue weighted by atomic mass is 10.0. The maximum absolute atomic E-state index is 12.3. The van der Waals surface area contributed by atoms with Crippen molar-refractivity contribution in [2.75, 3.05) is 11.5 Å². The van der Waals surface area contributed by atoms with Gasteiger partial charge in [-0.15, -0.1) is 11.8 Å². The van der Waals surface area contributed by atoms with Crippen molar-refractivity contribution < 1.29 is 29.5 Å². The summed E-state index contributed by atoms with van der Waals surface area (Å²) in [6.07, 6.45) is 0.390. The van der Waals surface area contributed by atoms with E-state index < -0.39 is 40.6 Å². The highest BCUT2D eigenvalue weighted by Gasteiger charge is 2.54. The van der Waals surface area contributed by atoms with Gasteiger partial charge < -0.3 is 21.4 Å². The van der Waals surface area contributed by atoms with Crippen molar-refractivity contribution in [3.05, 3.63) is 17.1 Å². The number of hydrogen-bond donors (Lipinski definition) is 4. The number of oxime groups is 1. The zero-order valence-electron chi connectivity index (χ0n) is 12.6. The summed E-state index contributed by atoms with van der Waals surface area (Å²) in [5, 5.41) is 22.8. The summed E-state index contributed by atoms with van der Waals surface area (Å²) in [6.45, 7) is 0. The summed E-state index contributed by atoms with van der Waals surface area (Å²) < 4.78 is 3.75. The lowest BCUT2D eigenvalue weighted by molar-refractivity contribution is -0.150. The van der Waals surface area contributed by atoms with E-state index >= 15 is 0 Å². The highest BCUT2D eigenvalue weighted by molar-refractivity contribution is 8.00. The number of hydrogen-bond acceptors (Lipinski definition) is 11. The highest BCUT2D eigenvalue weighted by Crippen LogP contribution is 2.39. The van der Waals surface area contributed by atoms with Crippen molar-refractivity contribution in [2.24, 2.45) is 5.16 Å². The molecular weight excluding hydrogens is 388 g/mol. The van der Waals surface area contributed by atoms with E-state index in [1.54, 1.807) is 0 Å². The van der Waals surface area contributed by atoms with E-state index in [1.807, 2.05) is 0 Å². The molecule has 26 heavy (non-hydrogen) atoms. The molecule has 12 nitrogen and oxygen atoms in total. The van der Waals surface area contributed by atoms with Crippen LogP contribution in [-0.4, -0.2) is 71.5 Å². The van der Waals surface area contributed by atoms with E-state index in [0.29, 0.717) is 6.29 Å². The van der Waals surface area contributed by atoms with Crippen LogP contribution in [-0.2, 0) is 19.2 Å². The molecule has 0 radical (unpaired) electrons. The number of β-lactam (4-membered cyclic amide) rings is 1. The topological polar surface area (TPSA) is 188 Å². The fraction of sp³-hybridized carbons (Fsp3) is 0.250. The van der Waals surface area contributed by atoms with E-state index in [2.05, 4.69) is 19.8 Å². The van der Waals surface area contributed by atoms with Gasteiger partial charge in [-0.1, -0.05) is 5.16 Å². The maximum atomic E-state index is 12.3. The van der Waals surface area contributed by atoms with Crippen LogP contribution in [0, 0.1) is 0 Å². The highest BCUT2D eigenvalue weighted by atomic mass is 32.2. The maximum Gasteiger partial charge on any atom is 0.353 e. The minimum absolute atomic E-state index is 0.0170. The Morgan fingerprint density at radius 2 is 2.19 bits per heavy atom. The summed E-state index contributed by atoms with van der Waals surface area (Å²) in [6, 6.07) is -1.05. The number of fused-ring (bicyclic) bond motifs is 1. The van der Waals surface area contributed by atoms with Crippen molar-refractivity contribution in [3.8, 4) is 0 Å². The number of nitrogens with one attached hydrogen (secondary N) is 1. The number of anilines is 1. The third-order valence-corrected chi connectivity index (χ3v) is 5.44. The quantitative estimate of drug-likeness (QED) is 0.145. The van der Waals surface area contributed by atoms with Crippen LogP contribution in [0.3, 0.4) is 0 Å². The monoisotopic (exact) mass is 398 g/mol. The summed E-state index contributed by atoms with van der Waals surface area (Å²) in [5.41, 5.74) is 4.46. The molecule has 1 saturated heterocycles. The lowest BCUT2D eigenvalue weighted by Gasteiger charge is -2.48. The minimum Gasteiger partial charge on any atom is -0.477 e. The Bertz CT molecular complexity index is 879. The number of nitrogens with zero attached hydrogens (tertiary/aromatic N) is 4. The zero-order chi connectivity index (χ0) is 19.0. The molecule has 5 N–H and O–H groups in total. The first-order valence-corrected chi connectivity index (χ1v) is 8.70. The van der Waals surface area contributed by atoms with Gasteiger partial charge in [0, 0.05) is 22.9 Å². The third kappa shape index (κ3) is 2.78. The van der Waals surface area contributed by atoms with Crippen LogP contribution in [0.5, 0.6) is 0 Å². The van der Waals surface area contributed by atoms with Crippen molar-refractivity contribution >= 4 is 58.2 Å². The average Bonchev–Trinajstić information content (AvgIpc) is 3.04. The van der Waals surface area contributed by atoms with Crippen LogP contribution in [0.15, 0.2) is 16.4 Å². The predicted octanol–water partition coefficient (Wildman–Crippen LogP) is -1.76. The molecule has 2 atom stereocenters. The van der Waals surface area contributed by atoms with Crippen LogP contribution in [0.4, 0.5) is 5.13 Å². The first kappa shape index (κ1) is 17.8. The number of nitrogens with two attached hydrogens (primary N) is 1. The number of aldehydes is 1. The normalized spacial score (nSPS) is 22.5. The second-order valence-corrected chi connectivity index (χ2v) is 6.95. The Balaban J connectivity index is 1.78. The Labute approximate surface area is 152 Å². The minimum atomic E-state index is -1.41. The van der Waals surface area contributed by atoms with Crippen LogP contribution >= 0.6 is 23.3 Å². The molecule has 136 valence electrons. The molecule has 3 heterocycles. The van der Waals surface area contributed by atoms with Gasteiger partial charge in [0.2, 0.25) is 11.5 Å². The van der Waals surface area contributed by atoms with Crippen LogP contribution in [0.25, 0.3) is 0 Å². The average molecular weight is 398 g/mol. The number of rotatable bonds is 5. The van der Waals surface area contributed by atoms with Gasteiger partial charge >= 0.3 is 5.97 Å². The van der Waals surface area contributed by atoms with Gasteiger partial charge in [0.25, 0.3) is 11.8 Å². The van der Waals surface area contributed by atoms with Gasteiger partial charge in [0.05, 0.1) is 0 Å². The number of carboxylic acids is 1. The van der Waals surface area contributed by atoms with Gasteiger partial charge in [0.1, 0.15) is 23.4 Å². The first-order chi connectivity index (χ1) is 12.4. The SMILES string of the molecule is Nc1nc(C(=NO)C(=O)NC2C(=O)N3C(C(=O)O)=C(C=O)CSC23)ns1. The fourth-order valence-electron chi connectivity index (χ4n) is 2.47. The first-order valence-electron chi connectivity index (χ1n) is 6.87. The molecule has 1 aromatic heterocycles. The van der Waals surface area contributed by atoms with Crippen molar-refractivity contribution in [3.63, 3.8) is 0 Å². The number of carbonyl (C=O) groups is 4. The second kappa shape index (κ2) is 6.72. The Morgan fingerprint density at radius 1 is 1.46 bits per heavy atom. The van der Waals surface area contributed by atoms with Crippen molar-refractivity contribution in [1.82, 2.24) is 19.6 Å². The Morgan fingerprint density at radius 3 is 2.73 bits per heavy atom. The van der Waals surface area contributed by atoms with E-state index in [0.717, 1.165) is 28.2 Å². The largest absolute Gasteiger partial charge is 0.477 e. The van der Waals surface area contributed by atoms with Crippen LogP contribution < -0.4 is 11.1 Å². The molecule has 2 aliphatic heterocycles. The van der Waals surface area contributed by atoms with E-state index in [-0.39, 0.29) is 22.3 Å². The Hall–Kier alpha value is -3.00. The number of carbonyl (C=O) groups excluding carboxylic acids is 3. The summed E-state index contributed by atoms with van der Waals surface area (Å²) in [4.78, 5) is 51.6. The van der Waals surface area contributed by atoms with E-state index in [1.165, 1.54) is 0 Å². The molecule has 0 aliphatic carbocycles. The van der Waals surface area contributed by atoms with Crippen molar-refractivity contribution in [2.45, 2.75) is 11.4 Å². The van der Waals surface area contributed by atoms with E-state index in [4.69, 9.17) is 10.9 Å². The summed E-state index contributed by atoms with van der Waals surface area (Å²) in [5.74, 6) is -3.16. The molecular formula is C12H10N6O6S2. The van der Waals surface area contributed by atoms with Crippen LogP contribution in [0.1, 0.15) is 5.82 Å². The number of aliphatic carboxylic acids is 1. The zero-order valence-corrected chi connectivity index (χ0v) is 14.3. The lowest BCUT2D eigenvalue weighted by Crippen LogP contribution is -2.71. The molecule has 1 aromatic rings. The molecule has 0 aromatic carbocycles. The molecule has 1 fully saturated rings. The summed E-state index contributed by atoms with van der Waals surface area (Å²) in [7, 11) is 0. The number of aromatic nitrogens is 2. The molecule has 0 bridgehead atoms. The molecule has 2 amide bonds. The van der Waals surface area contributed by atoms with Gasteiger partial charge in [-0.25, -0.2) is 4.79 Å². The predicted molar refractivity (Wildman–Crippen MR) is 88.4 cm³/mol. The van der Waals surface area contributed by atoms with E-state index in [9.17, 15) is 24.3 Å². The summed E-state index contributed by atoms with van der Waals surface area (Å²) >= 11 is 1.92. The third-order valence-electron chi connectivity index (χ3n) is 3.60. The standard InChI is InChI=1S/C12H10N6O6S2/c13-12-15-7(17-26-12)4(16-24)8(20)14-5-9(21)18-6(11(22)23)3(1-19)2-25-10(5)18/h1,5,10,24H,2H2,(H,14,20)(H,22,23)(H2,13,15,17). The van der Waals surface area contributed by atoms with Gasteiger partial charge in [-0.2, -0.15) is 9.36 Å². The number of nitrogen functional groups attached to an aromatic ring is 1. The van der Waals surface area contributed by atoms with Gasteiger partial charge in [0.15, 0.2) is 5.13 Å². The number of carboxylic acid groups (broad SMARTS) is 1. The molecule has 3 rings (SSSR count). The molecule has 2 aliphatic rings. The number of amides is 2. The molecule has 2 unspecified atom stereocenters. The second-order valence-electron chi connectivity index (χ2n) is 5.06. The smallest absolute Gasteiger partial charge is 0.353 e. The van der Waals surface area contributed by atoms with Gasteiger partial charge in [-0.05, 0) is 0 Å². The molecule has 14 heteroatoms. The molecule has 0 saturated carbocycles. The number of thioether (sulfide) groups is 1. The fourth-order valence-corrected chi connectivity index (χ4v) is 4.19. The Kier molecular flexibility index (Phi) is 4.60. The van der Waals surface area contributed by atoms with Crippen LogP contribution in [0.2, 0.25) is 0 Å².